The van der Waals surface area contributed by atoms with Crippen LogP contribution in [-0.2, 0) is 11.3 Å². The Morgan fingerprint density at radius 1 is 1.25 bits per heavy atom. The summed E-state index contributed by atoms with van der Waals surface area (Å²) >= 11 is 0. The van der Waals surface area contributed by atoms with Crippen molar-refractivity contribution in [3.8, 4) is 11.3 Å². The molecule has 2 aromatic rings. The average Bonchev–Trinajstić information content (AvgIpc) is 3.12. The van der Waals surface area contributed by atoms with Gasteiger partial charge in [-0.3, -0.25) is 4.99 Å². The second kappa shape index (κ2) is 10.2. The van der Waals surface area contributed by atoms with E-state index in [4.69, 9.17) is 9.26 Å². The third kappa shape index (κ3) is 6.48. The summed E-state index contributed by atoms with van der Waals surface area (Å²) < 4.78 is 11.6. The number of halogens is 1. The molecule has 0 amide bonds. The molecule has 2 heterocycles. The lowest BCUT2D eigenvalue weighted by Gasteiger charge is -2.36. The van der Waals surface area contributed by atoms with Gasteiger partial charge in [-0.05, 0) is 33.6 Å². The zero-order valence-corrected chi connectivity index (χ0v) is 19.5. The number of ether oxygens (including phenoxy) is 1. The minimum Gasteiger partial charge on any atom is -0.372 e. The average molecular weight is 498 g/mol. The number of rotatable bonds is 4. The molecular formula is C21H31IN4O2. The Balaban J connectivity index is 0.00000280. The number of piperidine rings is 1. The first-order valence-electron chi connectivity index (χ1n) is 9.59. The number of likely N-dealkylation sites (tertiary alicyclic amines) is 1. The Labute approximate surface area is 184 Å². The molecule has 0 bridgehead atoms. The summed E-state index contributed by atoms with van der Waals surface area (Å²) in [5, 5.41) is 7.55. The molecule has 0 aliphatic carbocycles. The maximum Gasteiger partial charge on any atom is 0.194 e. The monoisotopic (exact) mass is 498 g/mol. The SMILES string of the molecule is CN=C(NCc1cc(-c2ccccc2)no1)N1CCC(OC(C)(C)C)CC1.I. The van der Waals surface area contributed by atoms with Crippen LogP contribution in [0, 0.1) is 0 Å². The lowest BCUT2D eigenvalue weighted by atomic mass is 10.1. The molecule has 1 N–H and O–H groups in total. The van der Waals surface area contributed by atoms with Gasteiger partial charge in [0, 0.05) is 31.8 Å². The number of nitrogens with one attached hydrogen (secondary N) is 1. The molecule has 0 saturated carbocycles. The topological polar surface area (TPSA) is 62.9 Å². The summed E-state index contributed by atoms with van der Waals surface area (Å²) in [6, 6.07) is 12.0. The fraction of sp³-hybridized carbons (Fsp3) is 0.524. The number of benzene rings is 1. The minimum atomic E-state index is -0.0878. The summed E-state index contributed by atoms with van der Waals surface area (Å²) in [6.45, 7) is 8.77. The number of hydrogen-bond donors (Lipinski definition) is 1. The molecule has 0 atom stereocenters. The van der Waals surface area contributed by atoms with E-state index in [1.165, 1.54) is 0 Å². The van der Waals surface area contributed by atoms with Crippen molar-refractivity contribution < 1.29 is 9.26 Å². The van der Waals surface area contributed by atoms with Gasteiger partial charge >= 0.3 is 0 Å². The number of guanidine groups is 1. The molecular weight excluding hydrogens is 467 g/mol. The summed E-state index contributed by atoms with van der Waals surface area (Å²) in [5.41, 5.74) is 1.82. The van der Waals surface area contributed by atoms with Crippen LogP contribution in [0.1, 0.15) is 39.4 Å². The van der Waals surface area contributed by atoms with Crippen LogP contribution in [0.4, 0.5) is 0 Å². The molecule has 3 rings (SSSR count). The molecule has 0 radical (unpaired) electrons. The first-order chi connectivity index (χ1) is 12.9. The highest BCUT2D eigenvalue weighted by Crippen LogP contribution is 2.21. The van der Waals surface area contributed by atoms with Crippen molar-refractivity contribution in [2.45, 2.75) is 51.9 Å². The van der Waals surface area contributed by atoms with Gasteiger partial charge < -0.3 is 19.5 Å². The Morgan fingerprint density at radius 2 is 1.93 bits per heavy atom. The summed E-state index contributed by atoms with van der Waals surface area (Å²) in [5.74, 6) is 1.68. The third-order valence-corrected chi connectivity index (χ3v) is 4.52. The van der Waals surface area contributed by atoms with Crippen LogP contribution < -0.4 is 5.32 Å². The zero-order valence-electron chi connectivity index (χ0n) is 17.1. The van der Waals surface area contributed by atoms with Crippen LogP contribution >= 0.6 is 24.0 Å². The van der Waals surface area contributed by atoms with Crippen LogP contribution in [0.2, 0.25) is 0 Å². The smallest absolute Gasteiger partial charge is 0.194 e. The Morgan fingerprint density at radius 3 is 2.54 bits per heavy atom. The summed E-state index contributed by atoms with van der Waals surface area (Å²) in [7, 11) is 1.82. The Hall–Kier alpha value is -1.61. The Bertz CT molecular complexity index is 747. The molecule has 1 aliphatic rings. The predicted molar refractivity (Wildman–Crippen MR) is 123 cm³/mol. The first-order valence-corrected chi connectivity index (χ1v) is 9.59. The zero-order chi connectivity index (χ0) is 19.3. The molecule has 0 spiro atoms. The van der Waals surface area contributed by atoms with Gasteiger partial charge in [0.05, 0.1) is 18.2 Å². The number of aliphatic imine (C=N–C) groups is 1. The molecule has 6 nitrogen and oxygen atoms in total. The molecule has 1 aromatic carbocycles. The maximum absolute atomic E-state index is 6.10. The van der Waals surface area contributed by atoms with Gasteiger partial charge in [-0.2, -0.15) is 0 Å². The number of aromatic nitrogens is 1. The van der Waals surface area contributed by atoms with Gasteiger partial charge in [0.2, 0.25) is 0 Å². The first kappa shape index (κ1) is 22.7. The van der Waals surface area contributed by atoms with Gasteiger partial charge in [0.25, 0.3) is 0 Å². The normalized spacial score (nSPS) is 16.0. The van der Waals surface area contributed by atoms with E-state index in [-0.39, 0.29) is 29.6 Å². The molecule has 154 valence electrons. The molecule has 1 aromatic heterocycles. The van der Waals surface area contributed by atoms with Gasteiger partial charge in [0.15, 0.2) is 11.7 Å². The van der Waals surface area contributed by atoms with Crippen LogP contribution in [0.25, 0.3) is 11.3 Å². The quantitative estimate of drug-likeness (QED) is 0.387. The van der Waals surface area contributed by atoms with E-state index in [9.17, 15) is 0 Å². The van der Waals surface area contributed by atoms with Crippen LogP contribution in [-0.4, -0.2) is 47.9 Å². The van der Waals surface area contributed by atoms with E-state index in [0.717, 1.165) is 48.9 Å². The number of hydrogen-bond acceptors (Lipinski definition) is 4. The molecule has 1 saturated heterocycles. The van der Waals surface area contributed by atoms with Crippen LogP contribution in [0.3, 0.4) is 0 Å². The van der Waals surface area contributed by atoms with Gasteiger partial charge in [0.1, 0.15) is 5.69 Å². The third-order valence-electron chi connectivity index (χ3n) is 4.52. The van der Waals surface area contributed by atoms with E-state index >= 15 is 0 Å². The Kier molecular flexibility index (Phi) is 8.30. The number of nitrogens with zero attached hydrogens (tertiary/aromatic N) is 3. The molecule has 1 aliphatic heterocycles. The summed E-state index contributed by atoms with van der Waals surface area (Å²) in [6.07, 6.45) is 2.35. The van der Waals surface area contributed by atoms with Crippen molar-refractivity contribution in [1.82, 2.24) is 15.4 Å². The van der Waals surface area contributed by atoms with Gasteiger partial charge in [-0.25, -0.2) is 0 Å². The molecule has 7 heteroatoms. The van der Waals surface area contributed by atoms with Gasteiger partial charge in [-0.15, -0.1) is 24.0 Å². The highest BCUT2D eigenvalue weighted by atomic mass is 127. The lowest BCUT2D eigenvalue weighted by Crippen LogP contribution is -2.47. The van der Waals surface area contributed by atoms with Gasteiger partial charge in [-0.1, -0.05) is 35.5 Å². The molecule has 1 fully saturated rings. The van der Waals surface area contributed by atoms with E-state index in [2.05, 4.69) is 41.1 Å². The van der Waals surface area contributed by atoms with Crippen LogP contribution in [0.5, 0.6) is 0 Å². The minimum absolute atomic E-state index is 0. The van der Waals surface area contributed by atoms with Crippen molar-refractivity contribution in [1.29, 1.82) is 0 Å². The van der Waals surface area contributed by atoms with Crippen molar-refractivity contribution in [2.75, 3.05) is 20.1 Å². The molecule has 28 heavy (non-hydrogen) atoms. The van der Waals surface area contributed by atoms with Crippen LogP contribution in [0.15, 0.2) is 45.9 Å². The van der Waals surface area contributed by atoms with E-state index in [0.29, 0.717) is 12.6 Å². The summed E-state index contributed by atoms with van der Waals surface area (Å²) in [4.78, 5) is 6.69. The van der Waals surface area contributed by atoms with Crippen molar-refractivity contribution in [3.05, 3.63) is 42.2 Å². The predicted octanol–water partition coefficient (Wildman–Crippen LogP) is 4.31. The maximum atomic E-state index is 6.10. The van der Waals surface area contributed by atoms with Crippen molar-refractivity contribution in [2.24, 2.45) is 4.99 Å². The molecule has 0 unspecified atom stereocenters. The van der Waals surface area contributed by atoms with E-state index in [1.54, 1.807) is 0 Å². The van der Waals surface area contributed by atoms with Crippen molar-refractivity contribution in [3.63, 3.8) is 0 Å². The fourth-order valence-corrected chi connectivity index (χ4v) is 3.33. The highest BCUT2D eigenvalue weighted by molar-refractivity contribution is 14.0. The second-order valence-electron chi connectivity index (χ2n) is 7.86. The van der Waals surface area contributed by atoms with E-state index < -0.39 is 0 Å². The van der Waals surface area contributed by atoms with E-state index in [1.807, 2.05) is 43.4 Å². The lowest BCUT2D eigenvalue weighted by molar-refractivity contribution is -0.0773. The van der Waals surface area contributed by atoms with Crippen molar-refractivity contribution >= 4 is 29.9 Å². The standard InChI is InChI=1S/C21H30N4O2.HI/c1-21(2,3)26-17-10-12-25(13-11-17)20(22-4)23-15-18-14-19(24-27-18)16-8-6-5-7-9-16;/h5-9,14,17H,10-13,15H2,1-4H3,(H,22,23);1H. The highest BCUT2D eigenvalue weighted by Gasteiger charge is 2.25. The second-order valence-corrected chi connectivity index (χ2v) is 7.86. The largest absolute Gasteiger partial charge is 0.372 e. The fourth-order valence-electron chi connectivity index (χ4n) is 3.33.